The first-order valence-corrected chi connectivity index (χ1v) is 13.7. The fraction of sp³-hybridized carbons (Fsp3) is 0.400. The third kappa shape index (κ3) is 8.43. The van der Waals surface area contributed by atoms with Crippen LogP contribution in [0.3, 0.4) is 0 Å². The Hall–Kier alpha value is -3.90. The standard InChI is InChI=1S/C30H34O15/c31-15-30(28(40)25(37)21(44-30)14-42-23(35)12-6-17-3-9-19(33)10-4-17)45-29-27(39)26(38)24(36)20(43-29)13-41-22(34)11-5-16-1-7-18(32)8-2-16/h1-12,20-21,24-29,31-33,36-40H,13-15H2/b11-5+,12-6+/t20-,21+,24-,25-,26+,27-,28-,29-,30+/m1/s1. The minimum absolute atomic E-state index is 0.0401. The summed E-state index contributed by atoms with van der Waals surface area (Å²) in [5, 5.41) is 81.2. The number of hydrogen-bond donors (Lipinski definition) is 8. The van der Waals surface area contributed by atoms with Crippen LogP contribution in [0.4, 0.5) is 0 Å². The van der Waals surface area contributed by atoms with Crippen LogP contribution < -0.4 is 0 Å². The summed E-state index contributed by atoms with van der Waals surface area (Å²) in [6.45, 7) is -2.30. The fourth-order valence-corrected chi connectivity index (χ4v) is 4.53. The van der Waals surface area contributed by atoms with E-state index < -0.39 is 86.6 Å². The number of aromatic hydroxyl groups is 2. The lowest BCUT2D eigenvalue weighted by atomic mass is 9.99. The number of aliphatic hydroxyl groups excluding tert-OH is 6. The third-order valence-electron chi connectivity index (χ3n) is 7.10. The number of esters is 2. The van der Waals surface area contributed by atoms with E-state index in [1.165, 1.54) is 36.4 Å². The molecule has 2 fully saturated rings. The second-order valence-electron chi connectivity index (χ2n) is 10.3. The van der Waals surface area contributed by atoms with Crippen LogP contribution in [0.5, 0.6) is 11.5 Å². The van der Waals surface area contributed by atoms with Gasteiger partial charge in [-0.3, -0.25) is 0 Å². The molecule has 244 valence electrons. The van der Waals surface area contributed by atoms with Crippen molar-refractivity contribution >= 4 is 24.1 Å². The predicted molar refractivity (Wildman–Crippen MR) is 151 cm³/mol. The van der Waals surface area contributed by atoms with Crippen molar-refractivity contribution in [2.24, 2.45) is 0 Å². The summed E-state index contributed by atoms with van der Waals surface area (Å²) in [5.41, 5.74) is 1.16. The second-order valence-corrected chi connectivity index (χ2v) is 10.3. The molecule has 15 heteroatoms. The highest BCUT2D eigenvalue weighted by atomic mass is 16.8. The van der Waals surface area contributed by atoms with Crippen molar-refractivity contribution in [1.82, 2.24) is 0 Å². The Kier molecular flexibility index (Phi) is 11.3. The number of hydrogen-bond acceptors (Lipinski definition) is 15. The van der Waals surface area contributed by atoms with Crippen LogP contribution in [0, 0.1) is 0 Å². The first-order valence-electron chi connectivity index (χ1n) is 13.7. The van der Waals surface area contributed by atoms with E-state index in [1.807, 2.05) is 0 Å². The Morgan fingerprint density at radius 3 is 1.69 bits per heavy atom. The molecule has 0 spiro atoms. The smallest absolute Gasteiger partial charge is 0.330 e. The minimum Gasteiger partial charge on any atom is -0.508 e. The Labute approximate surface area is 256 Å². The maximum Gasteiger partial charge on any atom is 0.330 e. The average Bonchev–Trinajstić information content (AvgIpc) is 3.27. The van der Waals surface area contributed by atoms with E-state index in [4.69, 9.17) is 23.7 Å². The van der Waals surface area contributed by atoms with Crippen molar-refractivity contribution in [2.45, 2.75) is 54.8 Å². The molecule has 2 aromatic rings. The van der Waals surface area contributed by atoms with E-state index in [2.05, 4.69) is 0 Å². The largest absolute Gasteiger partial charge is 0.508 e. The Balaban J connectivity index is 1.35. The summed E-state index contributed by atoms with van der Waals surface area (Å²) in [4.78, 5) is 24.3. The summed E-state index contributed by atoms with van der Waals surface area (Å²) in [7, 11) is 0. The van der Waals surface area contributed by atoms with Gasteiger partial charge in [0.2, 0.25) is 5.79 Å². The number of ether oxygens (including phenoxy) is 5. The van der Waals surface area contributed by atoms with Gasteiger partial charge in [0.1, 0.15) is 74.0 Å². The molecule has 9 atom stereocenters. The maximum atomic E-state index is 12.2. The Bertz CT molecular complexity index is 1340. The van der Waals surface area contributed by atoms with Gasteiger partial charge in [-0.1, -0.05) is 24.3 Å². The monoisotopic (exact) mass is 634 g/mol. The predicted octanol–water partition coefficient (Wildman–Crippen LogP) is -1.46. The molecule has 0 bridgehead atoms. The summed E-state index contributed by atoms with van der Waals surface area (Å²) in [6, 6.07) is 11.9. The Morgan fingerprint density at radius 1 is 0.711 bits per heavy atom. The van der Waals surface area contributed by atoms with Crippen LogP contribution >= 0.6 is 0 Å². The number of carbonyl (C=O) groups is 2. The average molecular weight is 635 g/mol. The summed E-state index contributed by atoms with van der Waals surface area (Å²) in [5.74, 6) is -4.04. The zero-order valence-corrected chi connectivity index (χ0v) is 23.6. The molecular weight excluding hydrogens is 600 g/mol. The van der Waals surface area contributed by atoms with Gasteiger partial charge in [0.15, 0.2) is 6.29 Å². The Morgan fingerprint density at radius 2 is 1.20 bits per heavy atom. The number of benzene rings is 2. The quantitative estimate of drug-likeness (QED) is 0.104. The lowest BCUT2D eigenvalue weighted by molar-refractivity contribution is -0.383. The van der Waals surface area contributed by atoms with Gasteiger partial charge in [0.05, 0.1) is 0 Å². The molecule has 2 aromatic carbocycles. The van der Waals surface area contributed by atoms with Crippen molar-refractivity contribution in [3.8, 4) is 11.5 Å². The fourth-order valence-electron chi connectivity index (χ4n) is 4.53. The first kappa shape index (κ1) is 34.0. The topological polar surface area (TPSA) is 242 Å². The number of rotatable bonds is 11. The van der Waals surface area contributed by atoms with Gasteiger partial charge in [-0.15, -0.1) is 0 Å². The molecule has 45 heavy (non-hydrogen) atoms. The molecule has 2 aliphatic heterocycles. The number of phenolic OH excluding ortho intramolecular Hbond substituents is 2. The van der Waals surface area contributed by atoms with E-state index in [1.54, 1.807) is 24.3 Å². The van der Waals surface area contributed by atoms with Crippen molar-refractivity contribution in [3.05, 3.63) is 71.8 Å². The van der Waals surface area contributed by atoms with Crippen molar-refractivity contribution in [1.29, 1.82) is 0 Å². The summed E-state index contributed by atoms with van der Waals surface area (Å²) >= 11 is 0. The minimum atomic E-state index is -2.43. The molecule has 0 saturated carbocycles. The number of phenols is 2. The number of carbonyl (C=O) groups excluding carboxylic acids is 2. The van der Waals surface area contributed by atoms with Crippen molar-refractivity contribution < 1.29 is 74.1 Å². The van der Waals surface area contributed by atoms with E-state index in [-0.39, 0.29) is 11.5 Å². The van der Waals surface area contributed by atoms with Gasteiger partial charge >= 0.3 is 11.9 Å². The van der Waals surface area contributed by atoms with Crippen molar-refractivity contribution in [2.75, 3.05) is 19.8 Å². The van der Waals surface area contributed by atoms with Gasteiger partial charge in [-0.25, -0.2) is 9.59 Å². The lowest BCUT2D eigenvalue weighted by Gasteiger charge is -2.43. The lowest BCUT2D eigenvalue weighted by Crippen LogP contribution is -2.62. The van der Waals surface area contributed by atoms with Gasteiger partial charge in [-0.2, -0.15) is 0 Å². The molecule has 0 aromatic heterocycles. The van der Waals surface area contributed by atoms with E-state index in [0.29, 0.717) is 11.1 Å². The molecule has 0 radical (unpaired) electrons. The van der Waals surface area contributed by atoms with Gasteiger partial charge in [0.25, 0.3) is 0 Å². The molecule has 2 saturated heterocycles. The normalized spacial score (nSPS) is 31.8. The van der Waals surface area contributed by atoms with E-state index >= 15 is 0 Å². The summed E-state index contributed by atoms with van der Waals surface area (Å²) in [6.07, 6.45) is -9.07. The van der Waals surface area contributed by atoms with Gasteiger partial charge < -0.3 is 64.5 Å². The SMILES string of the molecule is O=C(/C=C/c1ccc(O)cc1)OC[C@@H]1O[C@@](CO)(O[C@H]2O[C@H](COC(=O)/C=C/c3ccc(O)cc3)[C@@H](O)[C@H](O)[C@H]2O)[C@H](O)[C@@H]1O. The van der Waals surface area contributed by atoms with Gasteiger partial charge in [-0.05, 0) is 47.5 Å². The van der Waals surface area contributed by atoms with E-state index in [0.717, 1.165) is 12.2 Å². The molecule has 2 aliphatic rings. The molecular formula is C30H34O15. The summed E-state index contributed by atoms with van der Waals surface area (Å²) < 4.78 is 26.7. The highest BCUT2D eigenvalue weighted by Crippen LogP contribution is 2.36. The highest BCUT2D eigenvalue weighted by molar-refractivity contribution is 5.87. The van der Waals surface area contributed by atoms with Crippen molar-refractivity contribution in [3.63, 3.8) is 0 Å². The highest BCUT2D eigenvalue weighted by Gasteiger charge is 2.58. The van der Waals surface area contributed by atoms with Crippen LogP contribution in [0.1, 0.15) is 11.1 Å². The molecule has 4 rings (SSSR count). The van der Waals surface area contributed by atoms with Crippen LogP contribution in [0.25, 0.3) is 12.2 Å². The van der Waals surface area contributed by atoms with Crippen LogP contribution in [-0.2, 0) is 33.3 Å². The molecule has 0 amide bonds. The molecule has 15 nitrogen and oxygen atoms in total. The molecule has 2 heterocycles. The van der Waals surface area contributed by atoms with Crippen LogP contribution in [0.2, 0.25) is 0 Å². The molecule has 0 aliphatic carbocycles. The van der Waals surface area contributed by atoms with Crippen LogP contribution in [-0.4, -0.2) is 127 Å². The first-order chi connectivity index (χ1) is 21.4. The maximum absolute atomic E-state index is 12.2. The van der Waals surface area contributed by atoms with Gasteiger partial charge in [0, 0.05) is 12.2 Å². The molecule has 8 N–H and O–H groups in total. The zero-order chi connectivity index (χ0) is 32.7. The second kappa shape index (κ2) is 14.9. The van der Waals surface area contributed by atoms with E-state index in [9.17, 15) is 50.4 Å². The van der Waals surface area contributed by atoms with Crippen LogP contribution in [0.15, 0.2) is 60.7 Å². The number of aliphatic hydroxyl groups is 6. The third-order valence-corrected chi connectivity index (χ3v) is 7.10. The molecule has 0 unspecified atom stereocenters. The zero-order valence-electron chi connectivity index (χ0n) is 23.6.